The highest BCUT2D eigenvalue weighted by Gasteiger charge is 2.16. The van der Waals surface area contributed by atoms with Gasteiger partial charge in [0.2, 0.25) is 0 Å². The molecule has 3 N–H and O–H groups in total. The molecule has 0 aromatic heterocycles. The second kappa shape index (κ2) is 6.98. The molecule has 1 aromatic rings. The minimum Gasteiger partial charge on any atom is -0.364 e. The van der Waals surface area contributed by atoms with Crippen LogP contribution in [0.4, 0.5) is 0 Å². The van der Waals surface area contributed by atoms with Crippen LogP contribution in [0.3, 0.4) is 0 Å². The number of nitrogens with one attached hydrogen (secondary N) is 1. The normalized spacial score (nSPS) is 12.1. The maximum absolute atomic E-state index is 11.4. The van der Waals surface area contributed by atoms with Crippen LogP contribution in [0.25, 0.3) is 0 Å². The summed E-state index contributed by atoms with van der Waals surface area (Å²) in [5.74, 6) is 4.83. The number of benzene rings is 1. The number of carbonyl (C=O) groups is 1. The lowest BCUT2D eigenvalue weighted by Crippen LogP contribution is -2.40. The average Bonchev–Trinajstić information content (AvgIpc) is 2.34. The van der Waals surface area contributed by atoms with Crippen LogP contribution < -0.4 is 11.3 Å². The summed E-state index contributed by atoms with van der Waals surface area (Å²) < 4.78 is 5.53. The van der Waals surface area contributed by atoms with E-state index in [0.29, 0.717) is 13.0 Å². The molecule has 16 heavy (non-hydrogen) atoms. The summed E-state index contributed by atoms with van der Waals surface area (Å²) in [7, 11) is 0. The van der Waals surface area contributed by atoms with Crippen LogP contribution in [0.5, 0.6) is 0 Å². The Morgan fingerprint density at radius 2 is 2.12 bits per heavy atom. The van der Waals surface area contributed by atoms with Crippen LogP contribution in [-0.4, -0.2) is 12.0 Å². The van der Waals surface area contributed by atoms with Crippen LogP contribution in [0.1, 0.15) is 25.3 Å². The molecule has 0 aliphatic carbocycles. The van der Waals surface area contributed by atoms with Gasteiger partial charge in [-0.05, 0) is 12.0 Å². The van der Waals surface area contributed by atoms with E-state index in [4.69, 9.17) is 10.6 Å². The van der Waals surface area contributed by atoms with Crippen LogP contribution in [0.2, 0.25) is 0 Å². The van der Waals surface area contributed by atoms with Crippen LogP contribution in [0, 0.1) is 0 Å². The molecule has 1 aromatic carbocycles. The highest BCUT2D eigenvalue weighted by molar-refractivity contribution is 5.80. The predicted molar refractivity (Wildman–Crippen MR) is 62.3 cm³/mol. The Morgan fingerprint density at radius 1 is 1.44 bits per heavy atom. The molecule has 0 heterocycles. The van der Waals surface area contributed by atoms with Gasteiger partial charge in [-0.15, -0.1) is 0 Å². The predicted octanol–water partition coefficient (Wildman–Crippen LogP) is 1.36. The number of hydrogen-bond acceptors (Lipinski definition) is 3. The molecule has 0 spiro atoms. The Bertz CT molecular complexity index is 314. The van der Waals surface area contributed by atoms with Gasteiger partial charge >= 0.3 is 0 Å². The van der Waals surface area contributed by atoms with E-state index >= 15 is 0 Å². The molecular weight excluding hydrogens is 204 g/mol. The molecule has 88 valence electrons. The van der Waals surface area contributed by atoms with E-state index in [-0.39, 0.29) is 5.91 Å². The summed E-state index contributed by atoms with van der Waals surface area (Å²) in [5, 5.41) is 0. The number of nitrogens with two attached hydrogens (primary N) is 1. The SMILES string of the molecule is CCCC(OCc1ccccc1)C(=O)NN. The van der Waals surface area contributed by atoms with Crippen LogP contribution >= 0.6 is 0 Å². The summed E-state index contributed by atoms with van der Waals surface area (Å²) in [6.07, 6.45) is 1.10. The third-order valence-corrected chi connectivity index (χ3v) is 2.28. The Balaban J connectivity index is 2.47. The molecule has 0 saturated carbocycles. The molecule has 4 nitrogen and oxygen atoms in total. The molecule has 1 unspecified atom stereocenters. The first-order valence-corrected chi connectivity index (χ1v) is 5.44. The standard InChI is InChI=1S/C12H18N2O2/c1-2-6-11(12(15)14-13)16-9-10-7-4-3-5-8-10/h3-5,7-8,11H,2,6,9,13H2,1H3,(H,14,15). The third kappa shape index (κ3) is 4.00. The van der Waals surface area contributed by atoms with E-state index in [1.807, 2.05) is 37.3 Å². The van der Waals surface area contributed by atoms with Crippen molar-refractivity contribution in [2.75, 3.05) is 0 Å². The van der Waals surface area contributed by atoms with Gasteiger partial charge < -0.3 is 4.74 Å². The Morgan fingerprint density at radius 3 is 2.69 bits per heavy atom. The van der Waals surface area contributed by atoms with Gasteiger partial charge in [0.25, 0.3) is 5.91 Å². The van der Waals surface area contributed by atoms with Gasteiger partial charge in [-0.25, -0.2) is 5.84 Å². The van der Waals surface area contributed by atoms with E-state index in [1.54, 1.807) is 0 Å². The summed E-state index contributed by atoms with van der Waals surface area (Å²) in [6, 6.07) is 9.75. The number of amides is 1. The molecule has 0 bridgehead atoms. The number of hydrazine groups is 1. The molecule has 0 saturated heterocycles. The lowest BCUT2D eigenvalue weighted by atomic mass is 10.2. The van der Waals surface area contributed by atoms with Crippen LogP contribution in [-0.2, 0) is 16.1 Å². The van der Waals surface area contributed by atoms with Crippen molar-refractivity contribution >= 4 is 5.91 Å². The lowest BCUT2D eigenvalue weighted by molar-refractivity contribution is -0.134. The van der Waals surface area contributed by atoms with Crippen molar-refractivity contribution in [3.63, 3.8) is 0 Å². The van der Waals surface area contributed by atoms with Crippen LogP contribution in [0.15, 0.2) is 30.3 Å². The van der Waals surface area contributed by atoms with Crippen molar-refractivity contribution in [3.8, 4) is 0 Å². The zero-order valence-corrected chi connectivity index (χ0v) is 9.48. The number of hydrogen-bond donors (Lipinski definition) is 2. The first-order chi connectivity index (χ1) is 7.77. The zero-order chi connectivity index (χ0) is 11.8. The van der Waals surface area contributed by atoms with E-state index in [9.17, 15) is 4.79 Å². The van der Waals surface area contributed by atoms with Crippen molar-refractivity contribution in [3.05, 3.63) is 35.9 Å². The van der Waals surface area contributed by atoms with E-state index < -0.39 is 6.10 Å². The number of ether oxygens (including phenoxy) is 1. The summed E-state index contributed by atoms with van der Waals surface area (Å²) in [4.78, 5) is 11.4. The number of rotatable bonds is 6. The zero-order valence-electron chi connectivity index (χ0n) is 9.48. The smallest absolute Gasteiger partial charge is 0.263 e. The molecule has 0 aliphatic rings. The topological polar surface area (TPSA) is 64.3 Å². The Kier molecular flexibility index (Phi) is 5.53. The van der Waals surface area contributed by atoms with Gasteiger partial charge in [-0.1, -0.05) is 43.7 Å². The fraction of sp³-hybridized carbons (Fsp3) is 0.417. The van der Waals surface area contributed by atoms with Gasteiger partial charge in [0.15, 0.2) is 0 Å². The van der Waals surface area contributed by atoms with Crippen molar-refractivity contribution in [1.29, 1.82) is 0 Å². The molecule has 1 rings (SSSR count). The fourth-order valence-corrected chi connectivity index (χ4v) is 1.42. The highest BCUT2D eigenvalue weighted by atomic mass is 16.5. The molecule has 1 atom stereocenters. The largest absolute Gasteiger partial charge is 0.364 e. The average molecular weight is 222 g/mol. The summed E-state index contributed by atoms with van der Waals surface area (Å²) in [6.45, 7) is 2.43. The van der Waals surface area contributed by atoms with Gasteiger partial charge in [-0.3, -0.25) is 10.2 Å². The van der Waals surface area contributed by atoms with Gasteiger partial charge in [-0.2, -0.15) is 0 Å². The lowest BCUT2D eigenvalue weighted by Gasteiger charge is -2.15. The fourth-order valence-electron chi connectivity index (χ4n) is 1.42. The quantitative estimate of drug-likeness (QED) is 0.434. The second-order valence-corrected chi connectivity index (χ2v) is 3.58. The molecule has 0 radical (unpaired) electrons. The molecule has 1 amide bonds. The molecular formula is C12H18N2O2. The first kappa shape index (κ1) is 12.7. The van der Waals surface area contributed by atoms with E-state index in [1.165, 1.54) is 0 Å². The highest BCUT2D eigenvalue weighted by Crippen LogP contribution is 2.07. The Labute approximate surface area is 95.8 Å². The van der Waals surface area contributed by atoms with Crippen molar-refractivity contribution in [2.45, 2.75) is 32.5 Å². The third-order valence-electron chi connectivity index (χ3n) is 2.28. The first-order valence-electron chi connectivity index (χ1n) is 5.44. The monoisotopic (exact) mass is 222 g/mol. The molecule has 0 aliphatic heterocycles. The summed E-state index contributed by atoms with van der Waals surface area (Å²) in [5.41, 5.74) is 3.17. The van der Waals surface area contributed by atoms with Crippen molar-refractivity contribution in [1.82, 2.24) is 5.43 Å². The van der Waals surface area contributed by atoms with Crippen molar-refractivity contribution in [2.24, 2.45) is 5.84 Å². The second-order valence-electron chi connectivity index (χ2n) is 3.58. The minimum atomic E-state index is -0.463. The maximum Gasteiger partial charge on any atom is 0.263 e. The van der Waals surface area contributed by atoms with Gasteiger partial charge in [0.1, 0.15) is 6.10 Å². The minimum absolute atomic E-state index is 0.266. The maximum atomic E-state index is 11.4. The Hall–Kier alpha value is -1.39. The van der Waals surface area contributed by atoms with E-state index in [0.717, 1.165) is 12.0 Å². The number of carbonyl (C=O) groups excluding carboxylic acids is 1. The van der Waals surface area contributed by atoms with E-state index in [2.05, 4.69) is 5.43 Å². The van der Waals surface area contributed by atoms with Crippen molar-refractivity contribution < 1.29 is 9.53 Å². The molecule has 0 fully saturated rings. The van der Waals surface area contributed by atoms with Gasteiger partial charge in [0.05, 0.1) is 6.61 Å². The van der Waals surface area contributed by atoms with Gasteiger partial charge in [0, 0.05) is 0 Å². The molecule has 4 heteroatoms. The summed E-state index contributed by atoms with van der Waals surface area (Å²) >= 11 is 0.